The molecule has 0 aliphatic carbocycles. The molecule has 2 atom stereocenters. The van der Waals surface area contributed by atoms with Crippen LogP contribution in [0.5, 0.6) is 11.5 Å². The monoisotopic (exact) mass is 452 g/mol. The highest BCUT2D eigenvalue weighted by atomic mass is 16.5. The summed E-state index contributed by atoms with van der Waals surface area (Å²) in [6.45, 7) is 3.97. The number of nitrogens with zero attached hydrogens (tertiary/aromatic N) is 2. The average Bonchev–Trinajstić information content (AvgIpc) is 3.16. The molecule has 0 saturated carbocycles. The lowest BCUT2D eigenvalue weighted by atomic mass is 9.83. The van der Waals surface area contributed by atoms with Gasteiger partial charge in [-0.05, 0) is 68.6 Å². The quantitative estimate of drug-likeness (QED) is 0.427. The van der Waals surface area contributed by atoms with Crippen LogP contribution >= 0.6 is 0 Å². The predicted molar refractivity (Wildman–Crippen MR) is 126 cm³/mol. The van der Waals surface area contributed by atoms with Crippen molar-refractivity contribution in [2.75, 3.05) is 26.2 Å². The van der Waals surface area contributed by atoms with Crippen molar-refractivity contribution in [1.29, 1.82) is 0 Å². The third-order valence-corrected chi connectivity index (χ3v) is 7.30. The molecule has 2 aliphatic rings. The minimum absolute atomic E-state index is 0.00861. The van der Waals surface area contributed by atoms with Gasteiger partial charge in [-0.15, -0.1) is 0 Å². The number of benzene rings is 2. The summed E-state index contributed by atoms with van der Waals surface area (Å²) in [6, 6.07) is 11.1. The van der Waals surface area contributed by atoms with Crippen molar-refractivity contribution in [3.63, 3.8) is 0 Å². The number of aromatic amines is 1. The first kappa shape index (κ1) is 22.0. The van der Waals surface area contributed by atoms with Crippen LogP contribution in [0, 0.1) is 5.92 Å². The number of aromatic nitrogens is 2. The molecule has 2 aliphatic heterocycles. The Morgan fingerprint density at radius 3 is 2.67 bits per heavy atom. The fourth-order valence-corrected chi connectivity index (χ4v) is 5.48. The maximum Gasteiger partial charge on any atom is 0.326 e. The molecule has 0 spiro atoms. The Morgan fingerprint density at radius 2 is 1.88 bits per heavy atom. The van der Waals surface area contributed by atoms with Gasteiger partial charge in [0.15, 0.2) is 11.5 Å². The Balaban J connectivity index is 1.16. The molecule has 8 heteroatoms. The number of H-pyrrole nitrogens is 1. The third kappa shape index (κ3) is 4.26. The van der Waals surface area contributed by atoms with Crippen LogP contribution in [0.25, 0.3) is 11.0 Å². The molecule has 1 saturated heterocycles. The lowest BCUT2D eigenvalue weighted by molar-refractivity contribution is -0.0647. The van der Waals surface area contributed by atoms with Crippen LogP contribution < -0.4 is 11.4 Å². The molecule has 5 N–H and O–H groups in total. The molecule has 3 heterocycles. The van der Waals surface area contributed by atoms with Gasteiger partial charge in [0.05, 0.1) is 23.2 Å². The number of para-hydroxylation sites is 2. The van der Waals surface area contributed by atoms with Gasteiger partial charge in [0.1, 0.15) is 0 Å². The Labute approximate surface area is 192 Å². The maximum absolute atomic E-state index is 12.3. The Morgan fingerprint density at radius 1 is 1.09 bits per heavy atom. The highest BCUT2D eigenvalue weighted by molar-refractivity contribution is 5.74. The molecule has 8 nitrogen and oxygen atoms in total. The van der Waals surface area contributed by atoms with Crippen LogP contribution in [-0.2, 0) is 17.7 Å². The number of aromatic hydroxyl groups is 2. The summed E-state index contributed by atoms with van der Waals surface area (Å²) >= 11 is 0. The Bertz CT molecular complexity index is 1180. The molecule has 0 radical (unpaired) electrons. The van der Waals surface area contributed by atoms with Gasteiger partial charge < -0.3 is 30.6 Å². The number of hydrogen-bond acceptors (Lipinski definition) is 6. The number of nitrogens with one attached hydrogen (secondary N) is 1. The van der Waals surface area contributed by atoms with Gasteiger partial charge in [-0.25, -0.2) is 4.79 Å². The summed E-state index contributed by atoms with van der Waals surface area (Å²) in [5.74, 6) is 0.264. The summed E-state index contributed by atoms with van der Waals surface area (Å²) in [7, 11) is 0. The molecule has 0 bridgehead atoms. The van der Waals surface area contributed by atoms with Crippen molar-refractivity contribution >= 4 is 11.0 Å². The molecule has 1 fully saturated rings. The zero-order valence-electron chi connectivity index (χ0n) is 18.7. The Kier molecular flexibility index (Phi) is 6.14. The van der Waals surface area contributed by atoms with E-state index in [1.807, 2.05) is 28.8 Å². The first-order valence-corrected chi connectivity index (χ1v) is 11.8. The van der Waals surface area contributed by atoms with Crippen LogP contribution in [0.3, 0.4) is 0 Å². The summed E-state index contributed by atoms with van der Waals surface area (Å²) in [5, 5.41) is 20.3. The summed E-state index contributed by atoms with van der Waals surface area (Å²) in [5.41, 5.74) is 9.40. The molecule has 0 amide bonds. The van der Waals surface area contributed by atoms with Gasteiger partial charge in [-0.2, -0.15) is 0 Å². The fourth-order valence-electron chi connectivity index (χ4n) is 5.48. The van der Waals surface area contributed by atoms with Gasteiger partial charge in [-0.3, -0.25) is 4.57 Å². The van der Waals surface area contributed by atoms with E-state index >= 15 is 0 Å². The second-order valence-corrected chi connectivity index (χ2v) is 9.24. The minimum atomic E-state index is -0.252. The lowest BCUT2D eigenvalue weighted by Crippen LogP contribution is -2.42. The lowest BCUT2D eigenvalue weighted by Gasteiger charge is -2.40. The average molecular weight is 453 g/mol. The molecular weight excluding hydrogens is 420 g/mol. The van der Waals surface area contributed by atoms with E-state index < -0.39 is 0 Å². The molecular formula is C25H32N4O4. The van der Waals surface area contributed by atoms with E-state index in [-0.39, 0.29) is 29.4 Å². The van der Waals surface area contributed by atoms with Gasteiger partial charge in [0.25, 0.3) is 0 Å². The number of phenolic OH excluding ortho intramolecular Hbond substituents is 2. The predicted octanol–water partition coefficient (Wildman–Crippen LogP) is 2.48. The molecule has 3 aromatic rings. The van der Waals surface area contributed by atoms with Gasteiger partial charge >= 0.3 is 5.69 Å². The largest absolute Gasteiger partial charge is 0.504 e. The number of hydrogen-bond donors (Lipinski definition) is 4. The van der Waals surface area contributed by atoms with Crippen LogP contribution in [-0.4, -0.2) is 56.9 Å². The Hall–Kier alpha value is -2.81. The number of nitrogens with two attached hydrogens (primary N) is 1. The highest BCUT2D eigenvalue weighted by Crippen LogP contribution is 2.42. The number of piperidine rings is 1. The maximum atomic E-state index is 12.3. The first-order valence-electron chi connectivity index (χ1n) is 11.8. The number of aryl methyl sites for hydroxylation is 1. The van der Waals surface area contributed by atoms with E-state index in [0.29, 0.717) is 25.4 Å². The van der Waals surface area contributed by atoms with E-state index in [4.69, 9.17) is 10.5 Å². The highest BCUT2D eigenvalue weighted by Gasteiger charge is 2.35. The SMILES string of the molecule is NC[C@H]1O[C@@H](C2CCN(CCCn3c(=O)[nH]c4ccccc43)CC2)Cc2c1ccc(O)c2O. The second kappa shape index (κ2) is 9.21. The number of likely N-dealkylation sites (tertiary alicyclic amines) is 1. The second-order valence-electron chi connectivity index (χ2n) is 9.24. The van der Waals surface area contributed by atoms with Crippen LogP contribution in [0.2, 0.25) is 0 Å². The van der Waals surface area contributed by atoms with Crippen molar-refractivity contribution in [2.24, 2.45) is 11.7 Å². The summed E-state index contributed by atoms with van der Waals surface area (Å²) < 4.78 is 8.16. The number of phenols is 2. The number of rotatable bonds is 6. The van der Waals surface area contributed by atoms with E-state index in [2.05, 4.69) is 9.88 Å². The van der Waals surface area contributed by atoms with Crippen LogP contribution in [0.1, 0.15) is 36.5 Å². The summed E-state index contributed by atoms with van der Waals surface area (Å²) in [4.78, 5) is 17.6. The fraction of sp³-hybridized carbons (Fsp3) is 0.480. The van der Waals surface area contributed by atoms with Gasteiger partial charge in [-0.1, -0.05) is 18.2 Å². The zero-order valence-corrected chi connectivity index (χ0v) is 18.7. The smallest absolute Gasteiger partial charge is 0.326 e. The van der Waals surface area contributed by atoms with Crippen molar-refractivity contribution in [1.82, 2.24) is 14.5 Å². The number of fused-ring (bicyclic) bond motifs is 2. The third-order valence-electron chi connectivity index (χ3n) is 7.30. The summed E-state index contributed by atoms with van der Waals surface area (Å²) in [6.07, 6.45) is 3.29. The first-order chi connectivity index (χ1) is 16.0. The van der Waals surface area contributed by atoms with Crippen molar-refractivity contribution in [3.05, 3.63) is 58.0 Å². The zero-order chi connectivity index (χ0) is 22.9. The molecule has 176 valence electrons. The molecule has 33 heavy (non-hydrogen) atoms. The minimum Gasteiger partial charge on any atom is -0.504 e. The molecule has 5 rings (SSSR count). The number of ether oxygens (including phenoxy) is 1. The molecule has 1 aromatic heterocycles. The van der Waals surface area contributed by atoms with Crippen molar-refractivity contribution in [3.8, 4) is 11.5 Å². The van der Waals surface area contributed by atoms with E-state index in [1.165, 1.54) is 6.07 Å². The van der Waals surface area contributed by atoms with Gasteiger partial charge in [0.2, 0.25) is 0 Å². The van der Waals surface area contributed by atoms with Crippen LogP contribution in [0.4, 0.5) is 0 Å². The topological polar surface area (TPSA) is 117 Å². The van der Waals surface area contributed by atoms with E-state index in [9.17, 15) is 15.0 Å². The van der Waals surface area contributed by atoms with E-state index in [1.54, 1.807) is 6.07 Å². The van der Waals surface area contributed by atoms with E-state index in [0.717, 1.165) is 61.1 Å². The van der Waals surface area contributed by atoms with Crippen LogP contribution in [0.15, 0.2) is 41.2 Å². The normalized spacial score (nSPS) is 22.0. The number of imidazole rings is 1. The van der Waals surface area contributed by atoms with Gasteiger partial charge in [0, 0.05) is 25.1 Å². The van der Waals surface area contributed by atoms with Crippen molar-refractivity contribution < 1.29 is 14.9 Å². The molecule has 0 unspecified atom stereocenters. The standard InChI is InChI=1S/C25H32N4O4/c26-15-23-17-6-7-21(30)24(31)18(17)14-22(33-23)16-8-12-28(13-9-16)10-3-11-29-20-5-2-1-4-19(20)27-25(29)32/h1-2,4-7,16,22-23,30-31H,3,8-15,26H2,(H,27,32)/t22-,23-/m1/s1. The van der Waals surface area contributed by atoms with Crippen molar-refractivity contribution in [2.45, 2.75) is 44.4 Å². The molecule has 2 aromatic carbocycles.